The molecule has 188 valence electrons. The van der Waals surface area contributed by atoms with Gasteiger partial charge in [-0.2, -0.15) is 0 Å². The number of likely N-dealkylation sites (tertiary alicyclic amines) is 1. The fourth-order valence-corrected chi connectivity index (χ4v) is 4.77. The smallest absolute Gasteiger partial charge is 0.204 e. The second-order valence-corrected chi connectivity index (χ2v) is 9.11. The molecule has 0 saturated carbocycles. The molecule has 6 nitrogen and oxygen atoms in total. The topological polar surface area (TPSA) is 68.0 Å². The summed E-state index contributed by atoms with van der Waals surface area (Å²) in [6.45, 7) is 6.01. The zero-order chi connectivity index (χ0) is 24.8. The highest BCUT2D eigenvalue weighted by Crippen LogP contribution is 2.31. The van der Waals surface area contributed by atoms with Crippen LogP contribution in [0.1, 0.15) is 37.7 Å². The molecule has 4 rings (SSSR count). The molecule has 2 aromatic rings. The van der Waals surface area contributed by atoms with Crippen LogP contribution in [0.2, 0.25) is 10.0 Å². The molecule has 0 aromatic heterocycles. The van der Waals surface area contributed by atoms with Gasteiger partial charge >= 0.3 is 0 Å². The predicted molar refractivity (Wildman–Crippen MR) is 142 cm³/mol. The van der Waals surface area contributed by atoms with Gasteiger partial charge in [0.25, 0.3) is 0 Å². The fourth-order valence-electron chi connectivity index (χ4n) is 4.24. The summed E-state index contributed by atoms with van der Waals surface area (Å²) in [5, 5.41) is 1.46. The molecule has 2 fully saturated rings. The van der Waals surface area contributed by atoms with Gasteiger partial charge in [-0.15, -0.1) is 0 Å². The predicted octanol–water partition coefficient (Wildman–Crippen LogP) is 5.43. The first-order chi connectivity index (χ1) is 16.5. The molecule has 0 aliphatic carbocycles. The molecule has 2 saturated heterocycles. The van der Waals surface area contributed by atoms with E-state index in [-0.39, 0.29) is 6.41 Å². The highest BCUT2D eigenvalue weighted by atomic mass is 35.5. The van der Waals surface area contributed by atoms with Crippen LogP contribution in [0.25, 0.3) is 0 Å². The van der Waals surface area contributed by atoms with Gasteiger partial charge < -0.3 is 25.0 Å². The molecule has 0 radical (unpaired) electrons. The number of anilines is 1. The number of nitrogens with two attached hydrogens (primary N) is 1. The van der Waals surface area contributed by atoms with Crippen LogP contribution >= 0.6 is 23.2 Å². The molecule has 0 spiro atoms. The third kappa shape index (κ3) is 9.24. The lowest BCUT2D eigenvalue weighted by Crippen LogP contribution is -2.20. The third-order valence-corrected chi connectivity index (χ3v) is 6.48. The van der Waals surface area contributed by atoms with Crippen molar-refractivity contribution in [3.05, 3.63) is 52.0 Å². The van der Waals surface area contributed by atoms with Crippen molar-refractivity contribution in [2.75, 3.05) is 51.8 Å². The first-order valence-corrected chi connectivity index (χ1v) is 12.6. The Bertz CT molecular complexity index is 870. The molecule has 0 unspecified atom stereocenters. The molecular weight excluding hydrogens is 473 g/mol. The van der Waals surface area contributed by atoms with Gasteiger partial charge in [0.05, 0.1) is 24.9 Å². The van der Waals surface area contributed by atoms with Crippen LogP contribution in [-0.4, -0.2) is 58.3 Å². The minimum absolute atomic E-state index is 0.250. The number of methoxy groups -OCH3 is 2. The summed E-state index contributed by atoms with van der Waals surface area (Å²) >= 11 is 11.9. The summed E-state index contributed by atoms with van der Waals surface area (Å²) in [6, 6.07) is 11.9. The van der Waals surface area contributed by atoms with Gasteiger partial charge in [0.2, 0.25) is 6.41 Å². The maximum absolute atomic E-state index is 8.58. The molecular formula is C26H37Cl2N3O3. The zero-order valence-electron chi connectivity index (χ0n) is 20.3. The minimum atomic E-state index is 0.250. The molecule has 1 amide bonds. The van der Waals surface area contributed by atoms with Crippen molar-refractivity contribution >= 4 is 35.3 Å². The van der Waals surface area contributed by atoms with Gasteiger partial charge in [0.15, 0.2) is 11.5 Å². The van der Waals surface area contributed by atoms with Gasteiger partial charge in [0.1, 0.15) is 0 Å². The molecule has 8 heteroatoms. The average molecular weight is 511 g/mol. The standard InChI is InChI=1S/C15H23NO2.C10H11Cl2N.CH3NO/c1-17-14-8-7-13(12-15(14)18-2)6-5-11-16-9-3-4-10-16;11-8-3-4-10(9(12)7-8)13-5-1-2-6-13;2-1-3/h7-8,12H,3-6,9-11H2,1-2H3;3-4,7H,1-2,5-6H2;1H,(H2,2,3). The number of hydrogen-bond donors (Lipinski definition) is 1. The first-order valence-electron chi connectivity index (χ1n) is 11.8. The largest absolute Gasteiger partial charge is 0.493 e. The normalized spacial score (nSPS) is 15.1. The van der Waals surface area contributed by atoms with E-state index in [9.17, 15) is 0 Å². The number of rotatable bonds is 7. The number of aryl methyl sites for hydroxylation is 1. The van der Waals surface area contributed by atoms with Crippen molar-refractivity contribution in [3.8, 4) is 11.5 Å². The maximum atomic E-state index is 8.58. The van der Waals surface area contributed by atoms with Crippen molar-refractivity contribution in [1.29, 1.82) is 0 Å². The highest BCUT2D eigenvalue weighted by molar-refractivity contribution is 6.36. The number of ether oxygens (including phenoxy) is 2. The third-order valence-electron chi connectivity index (χ3n) is 5.94. The van der Waals surface area contributed by atoms with Crippen molar-refractivity contribution in [2.45, 2.75) is 38.5 Å². The Morgan fingerprint density at radius 2 is 1.53 bits per heavy atom. The Balaban J connectivity index is 0.000000224. The number of primary amides is 1. The van der Waals surface area contributed by atoms with Crippen LogP contribution in [0.5, 0.6) is 11.5 Å². The summed E-state index contributed by atoms with van der Waals surface area (Å²) in [4.78, 5) is 13.4. The monoisotopic (exact) mass is 509 g/mol. The Morgan fingerprint density at radius 1 is 0.912 bits per heavy atom. The number of nitrogens with zero attached hydrogens (tertiary/aromatic N) is 2. The summed E-state index contributed by atoms with van der Waals surface area (Å²) in [7, 11) is 3.36. The Morgan fingerprint density at radius 3 is 2.12 bits per heavy atom. The molecule has 0 atom stereocenters. The number of benzene rings is 2. The van der Waals surface area contributed by atoms with Crippen LogP contribution in [0.15, 0.2) is 36.4 Å². The van der Waals surface area contributed by atoms with Crippen molar-refractivity contribution in [1.82, 2.24) is 4.90 Å². The van der Waals surface area contributed by atoms with Crippen LogP contribution in [0, 0.1) is 0 Å². The van der Waals surface area contributed by atoms with E-state index in [4.69, 9.17) is 37.5 Å². The number of halogens is 2. The van der Waals surface area contributed by atoms with Crippen LogP contribution < -0.4 is 20.1 Å². The van der Waals surface area contributed by atoms with Crippen molar-refractivity contribution in [3.63, 3.8) is 0 Å². The zero-order valence-corrected chi connectivity index (χ0v) is 21.8. The van der Waals surface area contributed by atoms with E-state index in [0.717, 1.165) is 41.7 Å². The number of hydrogen-bond acceptors (Lipinski definition) is 5. The van der Waals surface area contributed by atoms with Crippen molar-refractivity contribution in [2.24, 2.45) is 5.73 Å². The van der Waals surface area contributed by atoms with E-state index in [2.05, 4.69) is 27.7 Å². The lowest BCUT2D eigenvalue weighted by atomic mass is 10.1. The molecule has 2 aromatic carbocycles. The lowest BCUT2D eigenvalue weighted by Gasteiger charge is -2.18. The summed E-state index contributed by atoms with van der Waals surface area (Å²) in [6.07, 6.45) is 7.84. The maximum Gasteiger partial charge on any atom is 0.204 e. The van der Waals surface area contributed by atoms with Crippen molar-refractivity contribution < 1.29 is 14.3 Å². The van der Waals surface area contributed by atoms with Crippen LogP contribution in [-0.2, 0) is 11.2 Å². The number of carbonyl (C=O) groups excluding carboxylic acids is 1. The van der Waals surface area contributed by atoms with Gasteiger partial charge in [-0.3, -0.25) is 4.79 Å². The molecule has 34 heavy (non-hydrogen) atoms. The average Bonchev–Trinajstić information content (AvgIpc) is 3.55. The van der Waals surface area contributed by atoms with Gasteiger partial charge in [-0.25, -0.2) is 0 Å². The molecule has 2 aliphatic heterocycles. The van der Waals surface area contributed by atoms with E-state index >= 15 is 0 Å². The van der Waals surface area contributed by atoms with Gasteiger partial charge in [-0.05, 0) is 94.1 Å². The van der Waals surface area contributed by atoms with E-state index in [1.54, 1.807) is 20.3 Å². The summed E-state index contributed by atoms with van der Waals surface area (Å²) < 4.78 is 10.6. The quantitative estimate of drug-likeness (QED) is 0.504. The van der Waals surface area contributed by atoms with E-state index in [1.165, 1.54) is 57.3 Å². The highest BCUT2D eigenvalue weighted by Gasteiger charge is 2.15. The molecule has 2 N–H and O–H groups in total. The fraction of sp³-hybridized carbons (Fsp3) is 0.500. The molecule has 2 aliphatic rings. The Kier molecular flexibility index (Phi) is 13.0. The second-order valence-electron chi connectivity index (χ2n) is 8.27. The Hall–Kier alpha value is -2.15. The first kappa shape index (κ1) is 28.1. The van der Waals surface area contributed by atoms with Gasteiger partial charge in [0, 0.05) is 18.1 Å². The van der Waals surface area contributed by atoms with Crippen LogP contribution in [0.3, 0.4) is 0 Å². The Labute approximate surface area is 213 Å². The molecule has 0 bridgehead atoms. The van der Waals surface area contributed by atoms with Gasteiger partial charge in [-0.1, -0.05) is 29.3 Å². The van der Waals surface area contributed by atoms with E-state index in [0.29, 0.717) is 5.02 Å². The summed E-state index contributed by atoms with van der Waals surface area (Å²) in [5.41, 5.74) is 6.61. The molecule has 2 heterocycles. The number of carbonyl (C=O) groups is 1. The second kappa shape index (κ2) is 15.7. The van der Waals surface area contributed by atoms with E-state index < -0.39 is 0 Å². The SMILES string of the molecule is COc1ccc(CCCN2CCCC2)cc1OC.Clc1ccc(N2CCCC2)c(Cl)c1.NC=O. The van der Waals surface area contributed by atoms with E-state index in [1.807, 2.05) is 18.2 Å². The lowest BCUT2D eigenvalue weighted by molar-refractivity contribution is -0.106. The number of amides is 1. The minimum Gasteiger partial charge on any atom is -0.493 e. The van der Waals surface area contributed by atoms with Crippen LogP contribution in [0.4, 0.5) is 5.69 Å². The summed E-state index contributed by atoms with van der Waals surface area (Å²) in [5.74, 6) is 1.64.